The highest BCUT2D eigenvalue weighted by molar-refractivity contribution is 7.99. The summed E-state index contributed by atoms with van der Waals surface area (Å²) in [6.07, 6.45) is 4.04. The van der Waals surface area contributed by atoms with Gasteiger partial charge >= 0.3 is 0 Å². The van der Waals surface area contributed by atoms with Gasteiger partial charge in [0.15, 0.2) is 5.16 Å². The highest BCUT2D eigenvalue weighted by Gasteiger charge is 2.30. The fourth-order valence-corrected chi connectivity index (χ4v) is 3.73. The maximum Gasteiger partial charge on any atom is 0.191 e. The molecule has 3 aromatic rings. The second-order valence-corrected chi connectivity index (χ2v) is 7.96. The summed E-state index contributed by atoms with van der Waals surface area (Å²) in [4.78, 5) is 0. The summed E-state index contributed by atoms with van der Waals surface area (Å²) in [5.74, 6) is 3.78. The molecule has 26 heavy (non-hydrogen) atoms. The zero-order valence-electron chi connectivity index (χ0n) is 13.9. The van der Waals surface area contributed by atoms with Crippen LogP contribution in [0.15, 0.2) is 46.2 Å². The minimum atomic E-state index is 0.497. The molecule has 1 fully saturated rings. The maximum atomic E-state index is 6.11. The number of hydrogen-bond acceptors (Lipinski definition) is 5. The first-order chi connectivity index (χ1) is 12.7. The van der Waals surface area contributed by atoms with Crippen LogP contribution >= 0.6 is 35.0 Å². The molecular weight excluding hydrogens is 393 g/mol. The SMILES string of the molecule is Clc1ccc(Cl)c(OCCSc2nnc(C3CC3)n2Cc2ccco2)c1. The molecule has 8 heteroatoms. The summed E-state index contributed by atoms with van der Waals surface area (Å²) in [7, 11) is 0. The Hall–Kier alpha value is -1.63. The molecular formula is C18H17Cl2N3O2S. The molecule has 2 aromatic heterocycles. The van der Waals surface area contributed by atoms with E-state index in [-0.39, 0.29) is 0 Å². The third-order valence-electron chi connectivity index (χ3n) is 4.05. The maximum absolute atomic E-state index is 6.11. The summed E-state index contributed by atoms with van der Waals surface area (Å²) in [5, 5.41) is 10.8. The molecule has 1 aromatic carbocycles. The van der Waals surface area contributed by atoms with Gasteiger partial charge in [-0.25, -0.2) is 0 Å². The Labute approximate surface area is 165 Å². The lowest BCUT2D eigenvalue weighted by atomic mass is 10.3. The Morgan fingerprint density at radius 2 is 2.12 bits per heavy atom. The van der Waals surface area contributed by atoms with Gasteiger partial charge in [-0.05, 0) is 37.1 Å². The van der Waals surface area contributed by atoms with Gasteiger partial charge in [0, 0.05) is 22.8 Å². The number of halogens is 2. The van der Waals surface area contributed by atoms with Crippen molar-refractivity contribution in [1.82, 2.24) is 14.8 Å². The Morgan fingerprint density at radius 1 is 1.23 bits per heavy atom. The summed E-state index contributed by atoms with van der Waals surface area (Å²) >= 11 is 13.7. The van der Waals surface area contributed by atoms with Gasteiger partial charge in [-0.15, -0.1) is 10.2 Å². The van der Waals surface area contributed by atoms with Crippen molar-refractivity contribution in [3.63, 3.8) is 0 Å². The van der Waals surface area contributed by atoms with Crippen molar-refractivity contribution in [2.45, 2.75) is 30.5 Å². The highest BCUT2D eigenvalue weighted by atomic mass is 35.5. The monoisotopic (exact) mass is 409 g/mol. The number of aromatic nitrogens is 3. The minimum absolute atomic E-state index is 0.497. The molecule has 0 unspecified atom stereocenters. The highest BCUT2D eigenvalue weighted by Crippen LogP contribution is 2.40. The number of thioether (sulfide) groups is 1. The molecule has 0 radical (unpaired) electrons. The molecule has 0 aliphatic heterocycles. The van der Waals surface area contributed by atoms with E-state index in [9.17, 15) is 0 Å². The first-order valence-electron chi connectivity index (χ1n) is 8.37. The standard InChI is InChI=1S/C18H17Cl2N3O2S/c19-13-5-6-15(20)16(10-13)25-8-9-26-18-22-21-17(12-3-4-12)23(18)11-14-2-1-7-24-14/h1-2,5-7,10,12H,3-4,8-9,11H2. The van der Waals surface area contributed by atoms with Crippen LogP contribution in [-0.2, 0) is 6.54 Å². The smallest absolute Gasteiger partial charge is 0.191 e. The van der Waals surface area contributed by atoms with Crippen LogP contribution in [0.25, 0.3) is 0 Å². The van der Waals surface area contributed by atoms with Gasteiger partial charge < -0.3 is 9.15 Å². The third-order valence-corrected chi connectivity index (χ3v) is 5.53. The quantitative estimate of drug-likeness (QED) is 0.374. The van der Waals surface area contributed by atoms with Crippen LogP contribution in [-0.4, -0.2) is 27.1 Å². The molecule has 0 amide bonds. The van der Waals surface area contributed by atoms with Gasteiger partial charge in [0.2, 0.25) is 0 Å². The van der Waals surface area contributed by atoms with Crippen molar-refractivity contribution in [3.05, 3.63) is 58.2 Å². The molecule has 0 bridgehead atoms. The Kier molecular flexibility index (Phi) is 5.43. The number of benzene rings is 1. The topological polar surface area (TPSA) is 53.1 Å². The third kappa shape index (κ3) is 4.19. The lowest BCUT2D eigenvalue weighted by Gasteiger charge is -2.10. The lowest BCUT2D eigenvalue weighted by molar-refractivity contribution is 0.344. The van der Waals surface area contributed by atoms with E-state index in [1.165, 1.54) is 12.8 Å². The molecule has 1 aliphatic carbocycles. The zero-order valence-corrected chi connectivity index (χ0v) is 16.2. The van der Waals surface area contributed by atoms with E-state index < -0.39 is 0 Å². The Balaban J connectivity index is 1.39. The normalized spacial score (nSPS) is 13.9. The predicted molar refractivity (Wildman–Crippen MR) is 102 cm³/mol. The van der Waals surface area contributed by atoms with Gasteiger partial charge in [-0.3, -0.25) is 4.57 Å². The number of hydrogen-bond donors (Lipinski definition) is 0. The summed E-state index contributed by atoms with van der Waals surface area (Å²) in [5.41, 5.74) is 0. The van der Waals surface area contributed by atoms with Crippen molar-refractivity contribution < 1.29 is 9.15 Å². The van der Waals surface area contributed by atoms with Gasteiger partial charge in [0.1, 0.15) is 17.3 Å². The molecule has 136 valence electrons. The van der Waals surface area contributed by atoms with Crippen LogP contribution in [0.1, 0.15) is 30.3 Å². The van der Waals surface area contributed by atoms with Crippen LogP contribution in [0, 0.1) is 0 Å². The first kappa shape index (κ1) is 17.8. The van der Waals surface area contributed by atoms with Crippen molar-refractivity contribution >= 4 is 35.0 Å². The van der Waals surface area contributed by atoms with Gasteiger partial charge in [-0.2, -0.15) is 0 Å². The average molecular weight is 410 g/mol. The lowest BCUT2D eigenvalue weighted by Crippen LogP contribution is -2.07. The van der Waals surface area contributed by atoms with Gasteiger partial charge in [0.05, 0.1) is 24.4 Å². The van der Waals surface area contributed by atoms with Crippen molar-refractivity contribution in [2.75, 3.05) is 12.4 Å². The fraction of sp³-hybridized carbons (Fsp3) is 0.333. The molecule has 4 rings (SSSR count). The average Bonchev–Trinajstić information content (AvgIpc) is 3.20. The van der Waals surface area contributed by atoms with Crippen LogP contribution in [0.5, 0.6) is 5.75 Å². The number of furan rings is 1. The molecule has 0 atom stereocenters. The van der Waals surface area contributed by atoms with E-state index >= 15 is 0 Å². The summed E-state index contributed by atoms with van der Waals surface area (Å²) in [6.45, 7) is 1.15. The van der Waals surface area contributed by atoms with E-state index in [1.54, 1.807) is 36.2 Å². The van der Waals surface area contributed by atoms with Crippen molar-refractivity contribution in [1.29, 1.82) is 0 Å². The van der Waals surface area contributed by atoms with Crippen LogP contribution in [0.2, 0.25) is 10.0 Å². The van der Waals surface area contributed by atoms with E-state index in [2.05, 4.69) is 14.8 Å². The molecule has 5 nitrogen and oxygen atoms in total. The number of rotatable bonds is 8. The second-order valence-electron chi connectivity index (χ2n) is 6.05. The van der Waals surface area contributed by atoms with Crippen LogP contribution in [0.3, 0.4) is 0 Å². The Bertz CT molecular complexity index is 879. The van der Waals surface area contributed by atoms with Crippen LogP contribution in [0.4, 0.5) is 0 Å². The van der Waals surface area contributed by atoms with Crippen molar-refractivity contribution in [3.8, 4) is 5.75 Å². The second kappa shape index (κ2) is 7.94. The minimum Gasteiger partial charge on any atom is -0.491 e. The van der Waals surface area contributed by atoms with E-state index in [4.69, 9.17) is 32.4 Å². The predicted octanol–water partition coefficient (Wildman–Crippen LogP) is 5.27. The molecule has 1 aliphatic rings. The first-order valence-corrected chi connectivity index (χ1v) is 10.1. The molecule has 0 N–H and O–H groups in total. The Morgan fingerprint density at radius 3 is 2.88 bits per heavy atom. The fourth-order valence-electron chi connectivity index (χ4n) is 2.63. The molecule has 2 heterocycles. The van der Waals surface area contributed by atoms with Crippen LogP contribution < -0.4 is 4.74 Å². The molecule has 1 saturated carbocycles. The zero-order chi connectivity index (χ0) is 17.9. The summed E-state index contributed by atoms with van der Waals surface area (Å²) in [6, 6.07) is 9.05. The van der Waals surface area contributed by atoms with Crippen molar-refractivity contribution in [2.24, 2.45) is 0 Å². The molecule has 0 spiro atoms. The largest absolute Gasteiger partial charge is 0.491 e. The number of ether oxygens (including phenoxy) is 1. The number of nitrogens with zero attached hydrogens (tertiary/aromatic N) is 3. The van der Waals surface area contributed by atoms with Gasteiger partial charge in [0.25, 0.3) is 0 Å². The van der Waals surface area contributed by atoms with Gasteiger partial charge in [-0.1, -0.05) is 35.0 Å². The summed E-state index contributed by atoms with van der Waals surface area (Å²) < 4.78 is 13.4. The van der Waals surface area contributed by atoms with E-state index in [0.717, 1.165) is 22.5 Å². The van der Waals surface area contributed by atoms with E-state index in [0.29, 0.717) is 34.9 Å². The van der Waals surface area contributed by atoms with E-state index in [1.807, 2.05) is 12.1 Å². The molecule has 0 saturated heterocycles.